The van der Waals surface area contributed by atoms with Gasteiger partial charge in [-0.15, -0.1) is 0 Å². The number of ether oxygens (including phenoxy) is 5. The highest BCUT2D eigenvalue weighted by Crippen LogP contribution is 2.38. The number of carboxylic acid groups (broad SMARTS) is 1. The molecule has 0 spiro atoms. The molecule has 0 aliphatic carbocycles. The minimum absolute atomic E-state index is 0.177. The van der Waals surface area contributed by atoms with Crippen LogP contribution in [0.15, 0.2) is 0 Å². The Labute approximate surface area is 176 Å². The molecule has 2 aliphatic rings. The second-order valence-electron chi connectivity index (χ2n) is 7.95. The standard InChI is InChI=1S/C18H32O11S/c1-8-11(4)18(27-12(13(8)24-5)7-26-30(21,22)23)28-14-9(2)10(3)17(25-6)29-15(14)16(19)20/h8-15,17-18H,7H2,1-6H3,(H,19,20)(H,21,22,23)/p-2/t8?,9?,10?,11?,12-,13+,14+,15+,17+,18-/m1/s1. The zero-order valence-electron chi connectivity index (χ0n) is 17.9. The fourth-order valence-electron chi connectivity index (χ4n) is 4.04. The maximum Gasteiger partial charge on any atom is 0.217 e. The number of hydrogen-bond donors (Lipinski definition) is 0. The quantitative estimate of drug-likeness (QED) is 0.336. The van der Waals surface area contributed by atoms with Crippen molar-refractivity contribution in [2.75, 3.05) is 20.8 Å². The Morgan fingerprint density at radius 1 is 0.900 bits per heavy atom. The molecule has 2 fully saturated rings. The Bertz CT molecular complexity index is 684. The van der Waals surface area contributed by atoms with Crippen molar-refractivity contribution in [3.63, 3.8) is 0 Å². The molecule has 0 N–H and O–H groups in total. The monoisotopic (exact) mass is 454 g/mol. The van der Waals surface area contributed by atoms with Gasteiger partial charge in [0.05, 0.1) is 24.8 Å². The lowest BCUT2D eigenvalue weighted by Crippen LogP contribution is -2.60. The SMILES string of the molecule is CO[C@H]1O[C@H](C(=O)[O-])[C@@H](O[C@H]2O[C@H](COS(=O)(=O)[O-])[C@@H](OC)C(C)C2C)C(C)C1C. The molecule has 0 radical (unpaired) electrons. The molecule has 4 unspecified atom stereocenters. The molecular weight excluding hydrogens is 424 g/mol. The van der Waals surface area contributed by atoms with Crippen LogP contribution in [0.4, 0.5) is 0 Å². The Kier molecular flexibility index (Phi) is 8.61. The summed E-state index contributed by atoms with van der Waals surface area (Å²) in [5.74, 6) is -2.33. The van der Waals surface area contributed by atoms with Crippen molar-refractivity contribution < 1.29 is 50.7 Å². The first-order valence-electron chi connectivity index (χ1n) is 9.74. The lowest BCUT2D eigenvalue weighted by Gasteiger charge is -2.49. The van der Waals surface area contributed by atoms with E-state index in [1.807, 2.05) is 27.7 Å². The van der Waals surface area contributed by atoms with Crippen molar-refractivity contribution in [3.05, 3.63) is 0 Å². The van der Waals surface area contributed by atoms with Crippen LogP contribution in [0.5, 0.6) is 0 Å². The van der Waals surface area contributed by atoms with E-state index in [-0.39, 0.29) is 23.7 Å². The summed E-state index contributed by atoms with van der Waals surface area (Å²) in [6.07, 6.45) is -5.41. The molecule has 10 atom stereocenters. The highest BCUT2D eigenvalue weighted by atomic mass is 32.3. The normalized spacial score (nSPS) is 42.8. The number of carbonyl (C=O) groups excluding carboxylic acids is 1. The Morgan fingerprint density at radius 2 is 1.47 bits per heavy atom. The topological polar surface area (TPSA) is 153 Å². The zero-order chi connectivity index (χ0) is 22.8. The third kappa shape index (κ3) is 5.68. The Hall–Kier alpha value is -0.860. The van der Waals surface area contributed by atoms with Crippen LogP contribution in [0.3, 0.4) is 0 Å². The molecule has 0 amide bonds. The van der Waals surface area contributed by atoms with E-state index < -0.39 is 60.0 Å². The van der Waals surface area contributed by atoms with Crippen molar-refractivity contribution >= 4 is 16.4 Å². The molecule has 0 bridgehead atoms. The van der Waals surface area contributed by atoms with Crippen molar-refractivity contribution in [1.29, 1.82) is 0 Å². The number of hydrogen-bond acceptors (Lipinski definition) is 11. The fraction of sp³-hybridized carbons (Fsp3) is 0.944. The van der Waals surface area contributed by atoms with Crippen molar-refractivity contribution in [1.82, 2.24) is 0 Å². The number of carbonyl (C=O) groups is 1. The lowest BCUT2D eigenvalue weighted by atomic mass is 9.82. The van der Waals surface area contributed by atoms with Crippen LogP contribution in [0.1, 0.15) is 27.7 Å². The molecule has 0 saturated carbocycles. The summed E-state index contributed by atoms with van der Waals surface area (Å²) in [5, 5.41) is 11.7. The minimum Gasteiger partial charge on any atom is -0.726 e. The van der Waals surface area contributed by atoms with E-state index in [0.717, 1.165) is 0 Å². The van der Waals surface area contributed by atoms with E-state index >= 15 is 0 Å². The molecule has 176 valence electrons. The first-order chi connectivity index (χ1) is 13.9. The van der Waals surface area contributed by atoms with Crippen LogP contribution >= 0.6 is 0 Å². The summed E-state index contributed by atoms with van der Waals surface area (Å²) in [5.41, 5.74) is 0. The van der Waals surface area contributed by atoms with Crippen molar-refractivity contribution in [2.24, 2.45) is 23.7 Å². The van der Waals surface area contributed by atoms with Gasteiger partial charge in [-0.2, -0.15) is 0 Å². The molecule has 0 aromatic rings. The maximum atomic E-state index is 11.7. The summed E-state index contributed by atoms with van der Waals surface area (Å²) < 4.78 is 65.0. The molecule has 0 aromatic heterocycles. The van der Waals surface area contributed by atoms with Gasteiger partial charge in [0, 0.05) is 26.1 Å². The number of rotatable bonds is 8. The molecule has 2 aliphatic heterocycles. The van der Waals surface area contributed by atoms with Crippen LogP contribution in [-0.4, -0.2) is 76.8 Å². The van der Waals surface area contributed by atoms with Gasteiger partial charge in [-0.25, -0.2) is 8.42 Å². The molecular formula is C18H30O11S-2. The van der Waals surface area contributed by atoms with Gasteiger partial charge in [0.2, 0.25) is 10.4 Å². The van der Waals surface area contributed by atoms with Gasteiger partial charge in [0.15, 0.2) is 12.6 Å². The van der Waals surface area contributed by atoms with E-state index in [0.29, 0.717) is 0 Å². The summed E-state index contributed by atoms with van der Waals surface area (Å²) in [4.78, 5) is 11.7. The predicted molar refractivity (Wildman–Crippen MR) is 97.3 cm³/mol. The number of methoxy groups -OCH3 is 2. The molecule has 2 rings (SSSR count). The zero-order valence-corrected chi connectivity index (χ0v) is 18.7. The lowest BCUT2D eigenvalue weighted by molar-refractivity contribution is -0.358. The predicted octanol–water partition coefficient (Wildman–Crippen LogP) is -0.746. The van der Waals surface area contributed by atoms with E-state index in [1.54, 1.807) is 0 Å². The first-order valence-corrected chi connectivity index (χ1v) is 11.1. The highest BCUT2D eigenvalue weighted by molar-refractivity contribution is 7.80. The van der Waals surface area contributed by atoms with Crippen LogP contribution in [-0.2, 0) is 43.1 Å². The molecule has 0 aromatic carbocycles. The van der Waals surface area contributed by atoms with E-state index in [2.05, 4.69) is 4.18 Å². The first kappa shape index (κ1) is 25.4. The van der Waals surface area contributed by atoms with E-state index in [1.165, 1.54) is 14.2 Å². The summed E-state index contributed by atoms with van der Waals surface area (Å²) >= 11 is 0. The van der Waals surface area contributed by atoms with Crippen LogP contribution < -0.4 is 5.11 Å². The molecule has 12 heteroatoms. The highest BCUT2D eigenvalue weighted by Gasteiger charge is 2.48. The fourth-order valence-corrected chi connectivity index (χ4v) is 4.35. The molecule has 2 heterocycles. The van der Waals surface area contributed by atoms with E-state index in [9.17, 15) is 22.9 Å². The van der Waals surface area contributed by atoms with Gasteiger partial charge in [0.25, 0.3) is 0 Å². The summed E-state index contributed by atoms with van der Waals surface area (Å²) in [6, 6.07) is 0. The Balaban J connectivity index is 2.22. The number of aliphatic carboxylic acids is 1. The van der Waals surface area contributed by atoms with Gasteiger partial charge in [-0.1, -0.05) is 27.7 Å². The molecule has 30 heavy (non-hydrogen) atoms. The van der Waals surface area contributed by atoms with Crippen LogP contribution in [0.25, 0.3) is 0 Å². The minimum atomic E-state index is -4.92. The van der Waals surface area contributed by atoms with Crippen molar-refractivity contribution in [2.45, 2.75) is 64.7 Å². The Morgan fingerprint density at radius 3 is 1.97 bits per heavy atom. The number of carboxylic acids is 1. The van der Waals surface area contributed by atoms with E-state index in [4.69, 9.17) is 23.7 Å². The van der Waals surface area contributed by atoms with Gasteiger partial charge >= 0.3 is 0 Å². The average Bonchev–Trinajstić information content (AvgIpc) is 2.66. The van der Waals surface area contributed by atoms with Crippen LogP contribution in [0, 0.1) is 23.7 Å². The summed E-state index contributed by atoms with van der Waals surface area (Å²) in [6.45, 7) is 6.82. The van der Waals surface area contributed by atoms with Crippen LogP contribution in [0.2, 0.25) is 0 Å². The van der Waals surface area contributed by atoms with Gasteiger partial charge in [-0.3, -0.25) is 4.18 Å². The molecule has 2 saturated heterocycles. The summed E-state index contributed by atoms with van der Waals surface area (Å²) in [7, 11) is -2.06. The third-order valence-electron chi connectivity index (χ3n) is 6.21. The van der Waals surface area contributed by atoms with Crippen molar-refractivity contribution in [3.8, 4) is 0 Å². The van der Waals surface area contributed by atoms with Gasteiger partial charge in [0.1, 0.15) is 12.2 Å². The van der Waals surface area contributed by atoms with Gasteiger partial charge < -0.3 is 38.1 Å². The maximum absolute atomic E-state index is 11.7. The second-order valence-corrected chi connectivity index (χ2v) is 9.01. The average molecular weight is 454 g/mol. The largest absolute Gasteiger partial charge is 0.726 e. The third-order valence-corrected chi connectivity index (χ3v) is 6.64. The smallest absolute Gasteiger partial charge is 0.217 e. The molecule has 11 nitrogen and oxygen atoms in total. The second kappa shape index (κ2) is 10.2. The van der Waals surface area contributed by atoms with Gasteiger partial charge in [-0.05, 0) is 11.8 Å².